The maximum absolute atomic E-state index is 12.9. The van der Waals surface area contributed by atoms with Crippen LogP contribution >= 0.6 is 45.9 Å². The Labute approximate surface area is 198 Å². The first kappa shape index (κ1) is 22.7. The average Bonchev–Trinajstić information content (AvgIpc) is 3.32. The fraction of sp³-hybridized carbons (Fsp3) is 0.300. The fourth-order valence-electron chi connectivity index (χ4n) is 3.53. The van der Waals surface area contributed by atoms with E-state index in [0.717, 1.165) is 21.6 Å². The predicted octanol–water partition coefficient (Wildman–Crippen LogP) is 4.79. The number of carbonyl (C=O) groups excluding carboxylic acids is 1. The second-order valence-electron chi connectivity index (χ2n) is 7.08. The number of piperidine rings is 1. The van der Waals surface area contributed by atoms with Gasteiger partial charge in [-0.3, -0.25) is 4.79 Å². The first-order valence-electron chi connectivity index (χ1n) is 9.53. The van der Waals surface area contributed by atoms with Crippen LogP contribution in [0.15, 0.2) is 52.2 Å². The topological polar surface area (TPSA) is 71.7 Å². The summed E-state index contributed by atoms with van der Waals surface area (Å²) in [6.07, 6.45) is 2.61. The lowest BCUT2D eigenvalue weighted by atomic mass is 9.98. The third-order valence-electron chi connectivity index (χ3n) is 5.11. The van der Waals surface area contributed by atoms with E-state index in [0.29, 0.717) is 33.5 Å². The van der Waals surface area contributed by atoms with Gasteiger partial charge in [0, 0.05) is 30.6 Å². The van der Waals surface area contributed by atoms with E-state index in [1.807, 2.05) is 16.7 Å². The number of hydrogen-bond acceptors (Lipinski definition) is 5. The molecule has 1 saturated heterocycles. The minimum Gasteiger partial charge on any atom is -0.313 e. The first-order valence-corrected chi connectivity index (χ1v) is 13.4. The van der Waals surface area contributed by atoms with E-state index in [2.05, 4.69) is 11.6 Å². The number of fused-ring (bicyclic) bond motifs is 1. The molecule has 1 aromatic carbocycles. The molecule has 4 rings (SSSR count). The number of thiazole rings is 1. The molecule has 0 saturated carbocycles. The predicted molar refractivity (Wildman–Crippen MR) is 126 cm³/mol. The van der Waals surface area contributed by atoms with Crippen LogP contribution in [0.4, 0.5) is 0 Å². The van der Waals surface area contributed by atoms with Crippen LogP contribution in [-0.2, 0) is 21.4 Å². The van der Waals surface area contributed by atoms with Crippen LogP contribution in [-0.4, -0.2) is 36.3 Å². The maximum Gasteiger partial charge on any atom is 0.252 e. The van der Waals surface area contributed by atoms with Crippen molar-refractivity contribution in [1.82, 2.24) is 8.87 Å². The summed E-state index contributed by atoms with van der Waals surface area (Å²) in [5.41, 5.74) is 0.941. The first-order chi connectivity index (χ1) is 14.8. The van der Waals surface area contributed by atoms with Crippen LogP contribution < -0.4 is 4.80 Å². The van der Waals surface area contributed by atoms with Gasteiger partial charge in [-0.2, -0.15) is 9.30 Å². The molecule has 2 aromatic heterocycles. The number of thiophene rings is 1. The molecular formula is C20H19Cl2N3O3S3. The second-order valence-corrected chi connectivity index (χ2v) is 12.4. The van der Waals surface area contributed by atoms with Crippen molar-refractivity contribution in [1.29, 1.82) is 0 Å². The van der Waals surface area contributed by atoms with Gasteiger partial charge >= 0.3 is 0 Å². The summed E-state index contributed by atoms with van der Waals surface area (Å²) >= 11 is 14.4. The number of nitrogens with zero attached hydrogens (tertiary/aromatic N) is 3. The van der Waals surface area contributed by atoms with E-state index in [1.54, 1.807) is 18.2 Å². The molecule has 0 N–H and O–H groups in total. The van der Waals surface area contributed by atoms with Crippen molar-refractivity contribution in [3.05, 3.63) is 57.1 Å². The Morgan fingerprint density at radius 1 is 1.19 bits per heavy atom. The lowest BCUT2D eigenvalue weighted by Crippen LogP contribution is -2.40. The summed E-state index contributed by atoms with van der Waals surface area (Å²) in [4.78, 5) is 17.9. The number of carbonyl (C=O) groups is 1. The number of sulfonamides is 1. The summed E-state index contributed by atoms with van der Waals surface area (Å²) in [6.45, 7) is 4.86. The number of halogens is 2. The van der Waals surface area contributed by atoms with Crippen LogP contribution in [0.2, 0.25) is 9.36 Å². The molecule has 3 aromatic rings. The van der Waals surface area contributed by atoms with E-state index in [1.165, 1.54) is 21.7 Å². The molecule has 6 nitrogen and oxygen atoms in total. The Hall–Kier alpha value is -1.49. The minimum absolute atomic E-state index is 0.223. The number of amides is 1. The zero-order valence-corrected chi connectivity index (χ0v) is 20.3. The van der Waals surface area contributed by atoms with Crippen molar-refractivity contribution in [2.45, 2.75) is 23.6 Å². The smallest absolute Gasteiger partial charge is 0.252 e. The fourth-order valence-corrected chi connectivity index (χ4v) is 7.96. The van der Waals surface area contributed by atoms with Crippen LogP contribution in [0.5, 0.6) is 0 Å². The molecule has 11 heteroatoms. The molecule has 1 fully saturated rings. The molecule has 0 aliphatic carbocycles. The van der Waals surface area contributed by atoms with E-state index < -0.39 is 10.0 Å². The van der Waals surface area contributed by atoms with Crippen molar-refractivity contribution in [3.8, 4) is 0 Å². The lowest BCUT2D eigenvalue weighted by Gasteiger charge is -2.29. The van der Waals surface area contributed by atoms with Gasteiger partial charge < -0.3 is 4.57 Å². The highest BCUT2D eigenvalue weighted by atomic mass is 35.5. The van der Waals surface area contributed by atoms with Crippen molar-refractivity contribution in [2.75, 3.05) is 13.1 Å². The highest BCUT2D eigenvalue weighted by Gasteiger charge is 2.33. The summed E-state index contributed by atoms with van der Waals surface area (Å²) < 4.78 is 30.5. The highest BCUT2D eigenvalue weighted by molar-refractivity contribution is 7.91. The second kappa shape index (κ2) is 9.17. The standard InChI is InChI=1S/C20H19Cl2N3O3S3/c1-2-9-25-15-4-3-14(21)12-16(15)29-20(25)23-19(26)13-7-10-24(11-8-13)31(27,28)18-6-5-17(22)30-18/h2-6,12-13H,1,7-11H2. The third-order valence-corrected chi connectivity index (χ3v) is 9.98. The zero-order chi connectivity index (χ0) is 22.2. The third kappa shape index (κ3) is 4.67. The van der Waals surface area contributed by atoms with E-state index in [9.17, 15) is 13.2 Å². The van der Waals surface area contributed by atoms with E-state index >= 15 is 0 Å². The molecular weight excluding hydrogens is 497 g/mol. The normalized spacial score (nSPS) is 16.8. The molecule has 164 valence electrons. The van der Waals surface area contributed by atoms with Crippen LogP contribution in [0.3, 0.4) is 0 Å². The quantitative estimate of drug-likeness (QED) is 0.458. The average molecular weight is 516 g/mol. The molecule has 0 atom stereocenters. The molecule has 0 unspecified atom stereocenters. The van der Waals surface area contributed by atoms with Gasteiger partial charge in [-0.05, 0) is 43.2 Å². The van der Waals surface area contributed by atoms with Gasteiger partial charge in [-0.15, -0.1) is 17.9 Å². The highest BCUT2D eigenvalue weighted by Crippen LogP contribution is 2.31. The van der Waals surface area contributed by atoms with Crippen molar-refractivity contribution < 1.29 is 13.2 Å². The Balaban J connectivity index is 1.53. The summed E-state index contributed by atoms with van der Waals surface area (Å²) in [5, 5.41) is 0.623. The molecule has 0 spiro atoms. The molecule has 0 radical (unpaired) electrons. The summed E-state index contributed by atoms with van der Waals surface area (Å²) in [6, 6.07) is 8.65. The van der Waals surface area contributed by atoms with E-state index in [-0.39, 0.29) is 29.1 Å². The van der Waals surface area contributed by atoms with Gasteiger partial charge in [0.25, 0.3) is 15.9 Å². The van der Waals surface area contributed by atoms with Crippen molar-refractivity contribution in [3.63, 3.8) is 0 Å². The number of rotatable bonds is 5. The number of aromatic nitrogens is 1. The number of allylic oxidation sites excluding steroid dienone is 1. The van der Waals surface area contributed by atoms with Gasteiger partial charge in [0.05, 0.1) is 14.6 Å². The van der Waals surface area contributed by atoms with Gasteiger partial charge in [-0.25, -0.2) is 8.42 Å². The molecule has 1 amide bonds. The molecule has 0 bridgehead atoms. The minimum atomic E-state index is -3.58. The van der Waals surface area contributed by atoms with Gasteiger partial charge in [0.1, 0.15) is 4.21 Å². The van der Waals surface area contributed by atoms with Crippen LogP contribution in [0, 0.1) is 5.92 Å². The molecule has 31 heavy (non-hydrogen) atoms. The van der Waals surface area contributed by atoms with Gasteiger partial charge in [0.15, 0.2) is 4.80 Å². The maximum atomic E-state index is 12.9. The molecule has 3 heterocycles. The Morgan fingerprint density at radius 3 is 2.58 bits per heavy atom. The largest absolute Gasteiger partial charge is 0.313 e. The van der Waals surface area contributed by atoms with Crippen molar-refractivity contribution in [2.24, 2.45) is 10.9 Å². The Morgan fingerprint density at radius 2 is 1.94 bits per heavy atom. The molecule has 1 aliphatic heterocycles. The van der Waals surface area contributed by atoms with Crippen LogP contribution in [0.25, 0.3) is 10.2 Å². The SMILES string of the molecule is C=CCn1c(=NC(=O)C2CCN(S(=O)(=O)c3ccc(Cl)s3)CC2)sc2cc(Cl)ccc21. The summed E-state index contributed by atoms with van der Waals surface area (Å²) in [5.74, 6) is -0.545. The van der Waals surface area contributed by atoms with Crippen molar-refractivity contribution >= 4 is 72.0 Å². The number of benzene rings is 1. The van der Waals surface area contributed by atoms with E-state index in [4.69, 9.17) is 23.2 Å². The van der Waals surface area contributed by atoms with Gasteiger partial charge in [0.2, 0.25) is 0 Å². The Kier molecular flexibility index (Phi) is 6.71. The number of hydrogen-bond donors (Lipinski definition) is 0. The molecule has 1 aliphatic rings. The Bertz CT molecular complexity index is 1320. The van der Waals surface area contributed by atoms with Crippen LogP contribution in [0.1, 0.15) is 12.8 Å². The zero-order valence-electron chi connectivity index (χ0n) is 16.3. The summed E-state index contributed by atoms with van der Waals surface area (Å²) in [7, 11) is -3.58. The lowest BCUT2D eigenvalue weighted by molar-refractivity contribution is -0.122. The monoisotopic (exact) mass is 515 g/mol. The van der Waals surface area contributed by atoms with Gasteiger partial charge in [-0.1, -0.05) is 40.6 Å².